The molecule has 0 saturated carbocycles. The Labute approximate surface area is 84.7 Å². The normalized spacial score (nSPS) is 17.4. The third kappa shape index (κ3) is 5.16. The highest BCUT2D eigenvalue weighted by Crippen LogP contribution is 2.10. The van der Waals surface area contributed by atoms with Crippen molar-refractivity contribution in [2.75, 3.05) is 20.3 Å². The molecule has 2 atom stereocenters. The van der Waals surface area contributed by atoms with Gasteiger partial charge in [-0.3, -0.25) is 4.79 Å². The first-order valence-corrected chi connectivity index (χ1v) is 4.59. The Morgan fingerprint density at radius 3 is 2.50 bits per heavy atom. The second-order valence-corrected chi connectivity index (χ2v) is 3.66. The molecule has 0 spiro atoms. The molecule has 0 bridgehead atoms. The van der Waals surface area contributed by atoms with Crippen LogP contribution in [-0.4, -0.2) is 37.9 Å². The zero-order valence-electron chi connectivity index (χ0n) is 9.08. The van der Waals surface area contributed by atoms with Gasteiger partial charge in [0.05, 0.1) is 24.9 Å². The van der Waals surface area contributed by atoms with E-state index in [1.807, 2.05) is 6.92 Å². The number of carbonyl (C=O) groups excluding carboxylic acids is 1. The second-order valence-electron chi connectivity index (χ2n) is 3.66. The summed E-state index contributed by atoms with van der Waals surface area (Å²) in [6, 6.07) is 0. The minimum atomic E-state index is -1.01. The topological polar surface area (TPSA) is 87.6 Å². The number of rotatable bonds is 7. The van der Waals surface area contributed by atoms with E-state index in [0.717, 1.165) is 0 Å². The van der Waals surface area contributed by atoms with E-state index in [0.29, 0.717) is 19.6 Å². The fourth-order valence-corrected chi connectivity index (χ4v) is 1.09. The standard InChI is InChI=1S/C9H20N2O3/c1-7(14-5-4-13-3)6-9(2,11)8(10)12/h7H,4-6,11H2,1-3H3,(H2,10,12). The van der Waals surface area contributed by atoms with Gasteiger partial charge in [-0.2, -0.15) is 0 Å². The van der Waals surface area contributed by atoms with Gasteiger partial charge >= 0.3 is 0 Å². The predicted octanol–water partition coefficient (Wildman–Crippen LogP) is -0.369. The molecule has 0 aliphatic carbocycles. The van der Waals surface area contributed by atoms with Crippen LogP contribution in [0, 0.1) is 0 Å². The van der Waals surface area contributed by atoms with Gasteiger partial charge in [0.25, 0.3) is 0 Å². The van der Waals surface area contributed by atoms with Crippen LogP contribution in [0.2, 0.25) is 0 Å². The Bertz CT molecular complexity index is 183. The molecule has 5 nitrogen and oxygen atoms in total. The van der Waals surface area contributed by atoms with Gasteiger partial charge in [-0.15, -0.1) is 0 Å². The molecule has 0 fully saturated rings. The van der Waals surface area contributed by atoms with Gasteiger partial charge in [-0.25, -0.2) is 0 Å². The summed E-state index contributed by atoms with van der Waals surface area (Å²) in [5.41, 5.74) is 9.80. The Hall–Kier alpha value is -0.650. The first kappa shape index (κ1) is 13.4. The molecular formula is C9H20N2O3. The maximum Gasteiger partial charge on any atom is 0.237 e. The molecule has 0 aliphatic rings. The first-order chi connectivity index (χ1) is 6.40. The van der Waals surface area contributed by atoms with Crippen LogP contribution in [0.3, 0.4) is 0 Å². The van der Waals surface area contributed by atoms with E-state index in [9.17, 15) is 4.79 Å². The molecule has 0 rings (SSSR count). The second kappa shape index (κ2) is 5.95. The maximum atomic E-state index is 10.9. The van der Waals surface area contributed by atoms with Gasteiger partial charge in [0.15, 0.2) is 0 Å². The van der Waals surface area contributed by atoms with Gasteiger partial charge in [0.1, 0.15) is 0 Å². The predicted molar refractivity (Wildman–Crippen MR) is 53.7 cm³/mol. The van der Waals surface area contributed by atoms with Crippen molar-refractivity contribution >= 4 is 5.91 Å². The molecule has 0 aromatic carbocycles. The quantitative estimate of drug-likeness (QED) is 0.554. The third-order valence-corrected chi connectivity index (χ3v) is 1.96. The van der Waals surface area contributed by atoms with Crippen molar-refractivity contribution in [2.45, 2.75) is 31.9 Å². The molecule has 0 aliphatic heterocycles. The van der Waals surface area contributed by atoms with E-state index in [2.05, 4.69) is 0 Å². The summed E-state index contributed by atoms with van der Waals surface area (Å²) < 4.78 is 10.2. The highest BCUT2D eigenvalue weighted by Gasteiger charge is 2.28. The average Bonchev–Trinajstić information content (AvgIpc) is 2.03. The number of nitrogens with two attached hydrogens (primary N) is 2. The van der Waals surface area contributed by atoms with Crippen molar-refractivity contribution in [1.82, 2.24) is 0 Å². The first-order valence-electron chi connectivity index (χ1n) is 4.59. The van der Waals surface area contributed by atoms with Crippen molar-refractivity contribution < 1.29 is 14.3 Å². The molecule has 84 valence electrons. The number of hydrogen-bond donors (Lipinski definition) is 2. The van der Waals surface area contributed by atoms with Crippen LogP contribution in [0.15, 0.2) is 0 Å². The van der Waals surface area contributed by atoms with Crippen LogP contribution in [0.25, 0.3) is 0 Å². The third-order valence-electron chi connectivity index (χ3n) is 1.96. The lowest BCUT2D eigenvalue weighted by atomic mass is 9.95. The van der Waals surface area contributed by atoms with Gasteiger partial charge in [0, 0.05) is 7.11 Å². The monoisotopic (exact) mass is 204 g/mol. The number of amides is 1. The Morgan fingerprint density at radius 2 is 2.07 bits per heavy atom. The highest BCUT2D eigenvalue weighted by molar-refractivity contribution is 5.83. The smallest absolute Gasteiger partial charge is 0.237 e. The SMILES string of the molecule is COCCOC(C)CC(C)(N)C(N)=O. The zero-order valence-corrected chi connectivity index (χ0v) is 9.08. The number of methoxy groups -OCH3 is 1. The van der Waals surface area contributed by atoms with Crippen molar-refractivity contribution in [3.63, 3.8) is 0 Å². The van der Waals surface area contributed by atoms with Gasteiger partial charge in [-0.05, 0) is 20.3 Å². The van der Waals surface area contributed by atoms with Crippen LogP contribution in [0.5, 0.6) is 0 Å². The molecule has 0 saturated heterocycles. The molecule has 0 heterocycles. The van der Waals surface area contributed by atoms with E-state index in [1.165, 1.54) is 0 Å². The Balaban J connectivity index is 3.81. The van der Waals surface area contributed by atoms with Crippen LogP contribution < -0.4 is 11.5 Å². The fraction of sp³-hybridized carbons (Fsp3) is 0.889. The lowest BCUT2D eigenvalue weighted by molar-refractivity contribution is -0.124. The number of hydrogen-bond acceptors (Lipinski definition) is 4. The number of ether oxygens (including phenoxy) is 2. The number of primary amides is 1. The van der Waals surface area contributed by atoms with E-state index in [4.69, 9.17) is 20.9 Å². The van der Waals surface area contributed by atoms with Crippen molar-refractivity contribution in [3.05, 3.63) is 0 Å². The zero-order chi connectivity index (χ0) is 11.2. The van der Waals surface area contributed by atoms with E-state index in [-0.39, 0.29) is 6.10 Å². The molecule has 1 amide bonds. The van der Waals surface area contributed by atoms with Crippen LogP contribution in [-0.2, 0) is 14.3 Å². The molecule has 0 aromatic rings. The summed E-state index contributed by atoms with van der Waals surface area (Å²) in [5, 5.41) is 0. The average molecular weight is 204 g/mol. The summed E-state index contributed by atoms with van der Waals surface area (Å²) in [6.07, 6.45) is 0.305. The molecule has 2 unspecified atom stereocenters. The summed E-state index contributed by atoms with van der Waals surface area (Å²) in [7, 11) is 1.60. The summed E-state index contributed by atoms with van der Waals surface area (Å²) in [4.78, 5) is 10.9. The summed E-state index contributed by atoms with van der Waals surface area (Å²) in [6.45, 7) is 4.48. The van der Waals surface area contributed by atoms with Crippen molar-refractivity contribution in [3.8, 4) is 0 Å². The largest absolute Gasteiger partial charge is 0.382 e. The maximum absolute atomic E-state index is 10.9. The summed E-state index contributed by atoms with van der Waals surface area (Å²) in [5.74, 6) is -0.514. The van der Waals surface area contributed by atoms with E-state index < -0.39 is 11.4 Å². The van der Waals surface area contributed by atoms with Crippen molar-refractivity contribution in [2.24, 2.45) is 11.5 Å². The summed E-state index contributed by atoms with van der Waals surface area (Å²) >= 11 is 0. The molecule has 0 aromatic heterocycles. The highest BCUT2D eigenvalue weighted by atomic mass is 16.5. The molecule has 4 N–H and O–H groups in total. The van der Waals surface area contributed by atoms with Crippen LogP contribution >= 0.6 is 0 Å². The number of carbonyl (C=O) groups is 1. The fourth-order valence-electron chi connectivity index (χ4n) is 1.09. The molecular weight excluding hydrogens is 184 g/mol. The van der Waals surface area contributed by atoms with Crippen LogP contribution in [0.1, 0.15) is 20.3 Å². The molecule has 14 heavy (non-hydrogen) atoms. The Kier molecular flexibility index (Phi) is 5.68. The minimum Gasteiger partial charge on any atom is -0.382 e. The van der Waals surface area contributed by atoms with Crippen LogP contribution in [0.4, 0.5) is 0 Å². The lowest BCUT2D eigenvalue weighted by Gasteiger charge is -2.24. The minimum absolute atomic E-state index is 0.104. The molecule has 0 radical (unpaired) electrons. The van der Waals surface area contributed by atoms with E-state index >= 15 is 0 Å². The lowest BCUT2D eigenvalue weighted by Crippen LogP contribution is -2.51. The van der Waals surface area contributed by atoms with E-state index in [1.54, 1.807) is 14.0 Å². The van der Waals surface area contributed by atoms with Gasteiger partial charge in [0.2, 0.25) is 5.91 Å². The van der Waals surface area contributed by atoms with Gasteiger partial charge < -0.3 is 20.9 Å². The van der Waals surface area contributed by atoms with Gasteiger partial charge in [-0.1, -0.05) is 0 Å². The van der Waals surface area contributed by atoms with Crippen molar-refractivity contribution in [1.29, 1.82) is 0 Å². The molecule has 5 heteroatoms. The Morgan fingerprint density at radius 1 is 1.50 bits per heavy atom.